The Morgan fingerprint density at radius 3 is 2.64 bits per heavy atom. The SMILES string of the molecule is C=N/C=N\N(C)Cc1ccc(O)cc1. The minimum Gasteiger partial charge on any atom is -0.508 e. The molecule has 0 aliphatic rings. The number of hydrogen-bond donors (Lipinski definition) is 1. The van der Waals surface area contributed by atoms with Crippen molar-refractivity contribution in [3.63, 3.8) is 0 Å². The van der Waals surface area contributed by atoms with E-state index in [1.165, 1.54) is 6.34 Å². The second kappa shape index (κ2) is 5.01. The van der Waals surface area contributed by atoms with Crippen LogP contribution < -0.4 is 0 Å². The summed E-state index contributed by atoms with van der Waals surface area (Å²) in [5, 5.41) is 14.8. The summed E-state index contributed by atoms with van der Waals surface area (Å²) >= 11 is 0. The van der Waals surface area contributed by atoms with Crippen LogP contribution in [0.3, 0.4) is 0 Å². The predicted molar refractivity (Wildman–Crippen MR) is 57.6 cm³/mol. The van der Waals surface area contributed by atoms with Gasteiger partial charge in [0.25, 0.3) is 0 Å². The van der Waals surface area contributed by atoms with E-state index >= 15 is 0 Å². The van der Waals surface area contributed by atoms with E-state index in [1.54, 1.807) is 17.1 Å². The van der Waals surface area contributed by atoms with Crippen LogP contribution in [0.1, 0.15) is 5.56 Å². The van der Waals surface area contributed by atoms with E-state index in [9.17, 15) is 0 Å². The fraction of sp³-hybridized carbons (Fsp3) is 0.200. The van der Waals surface area contributed by atoms with Crippen molar-refractivity contribution in [3.8, 4) is 5.75 Å². The molecule has 0 spiro atoms. The molecule has 1 aromatic carbocycles. The minimum atomic E-state index is 0.271. The molecule has 0 fully saturated rings. The molecule has 0 aliphatic heterocycles. The van der Waals surface area contributed by atoms with Gasteiger partial charge in [-0.15, -0.1) is 0 Å². The van der Waals surface area contributed by atoms with Crippen LogP contribution in [0.4, 0.5) is 0 Å². The molecular formula is C10H13N3O. The van der Waals surface area contributed by atoms with E-state index in [-0.39, 0.29) is 5.75 Å². The molecule has 4 nitrogen and oxygen atoms in total. The van der Waals surface area contributed by atoms with Gasteiger partial charge in [0.2, 0.25) is 0 Å². The zero-order valence-electron chi connectivity index (χ0n) is 8.09. The third-order valence-electron chi connectivity index (χ3n) is 1.68. The number of hydrazone groups is 1. The zero-order chi connectivity index (χ0) is 10.4. The average molecular weight is 191 g/mol. The van der Waals surface area contributed by atoms with Gasteiger partial charge in [-0.1, -0.05) is 12.1 Å². The maximum absolute atomic E-state index is 9.07. The van der Waals surface area contributed by atoms with Gasteiger partial charge in [-0.05, 0) is 24.4 Å². The normalized spacial score (nSPS) is 10.4. The Morgan fingerprint density at radius 1 is 1.43 bits per heavy atom. The number of aromatic hydroxyl groups is 1. The van der Waals surface area contributed by atoms with Crippen molar-refractivity contribution >= 4 is 13.1 Å². The molecule has 0 unspecified atom stereocenters. The summed E-state index contributed by atoms with van der Waals surface area (Å²) < 4.78 is 0. The minimum absolute atomic E-state index is 0.271. The van der Waals surface area contributed by atoms with E-state index in [2.05, 4.69) is 16.8 Å². The quantitative estimate of drug-likeness (QED) is 0.445. The van der Waals surface area contributed by atoms with Gasteiger partial charge in [0.15, 0.2) is 0 Å². The lowest BCUT2D eigenvalue weighted by molar-refractivity contribution is 0.348. The molecule has 1 aromatic rings. The molecule has 0 amide bonds. The van der Waals surface area contributed by atoms with Crippen LogP contribution in [0.25, 0.3) is 0 Å². The predicted octanol–water partition coefficient (Wildman–Crippen LogP) is 1.47. The van der Waals surface area contributed by atoms with Gasteiger partial charge in [-0.3, -0.25) is 10.0 Å². The number of phenols is 1. The molecule has 0 saturated carbocycles. The maximum Gasteiger partial charge on any atom is 0.134 e. The van der Waals surface area contributed by atoms with Gasteiger partial charge in [0, 0.05) is 7.05 Å². The summed E-state index contributed by atoms with van der Waals surface area (Å²) in [6, 6.07) is 7.00. The first-order valence-electron chi connectivity index (χ1n) is 4.19. The Labute approximate surface area is 83.2 Å². The number of rotatable bonds is 4. The van der Waals surface area contributed by atoms with Crippen molar-refractivity contribution in [1.82, 2.24) is 5.01 Å². The van der Waals surface area contributed by atoms with Gasteiger partial charge in [-0.2, -0.15) is 5.10 Å². The molecule has 0 bridgehead atoms. The summed E-state index contributed by atoms with van der Waals surface area (Å²) in [5.74, 6) is 0.271. The first kappa shape index (κ1) is 10.2. The molecule has 4 heteroatoms. The van der Waals surface area contributed by atoms with E-state index in [0.717, 1.165) is 5.56 Å². The number of benzene rings is 1. The fourth-order valence-corrected chi connectivity index (χ4v) is 1.03. The van der Waals surface area contributed by atoms with Crippen LogP contribution in [0.2, 0.25) is 0 Å². The summed E-state index contributed by atoms with van der Waals surface area (Å²) in [6.07, 6.45) is 1.39. The number of hydrogen-bond acceptors (Lipinski definition) is 3. The zero-order valence-corrected chi connectivity index (χ0v) is 8.09. The highest BCUT2D eigenvalue weighted by Gasteiger charge is 1.95. The highest BCUT2D eigenvalue weighted by atomic mass is 16.3. The summed E-state index contributed by atoms with van der Waals surface area (Å²) in [7, 11) is 1.84. The molecule has 0 aromatic heterocycles. The van der Waals surface area contributed by atoms with E-state index in [0.29, 0.717) is 6.54 Å². The Bertz CT molecular complexity index is 319. The van der Waals surface area contributed by atoms with Crippen molar-refractivity contribution in [2.45, 2.75) is 6.54 Å². The average Bonchev–Trinajstić information content (AvgIpc) is 2.18. The molecule has 1 N–H and O–H groups in total. The summed E-state index contributed by atoms with van der Waals surface area (Å²) in [6.45, 7) is 3.97. The van der Waals surface area contributed by atoms with E-state index < -0.39 is 0 Å². The van der Waals surface area contributed by atoms with Gasteiger partial charge in [0.1, 0.15) is 12.1 Å². The van der Waals surface area contributed by atoms with Gasteiger partial charge < -0.3 is 5.11 Å². The maximum atomic E-state index is 9.07. The fourth-order valence-electron chi connectivity index (χ4n) is 1.03. The van der Waals surface area contributed by atoms with Crippen molar-refractivity contribution in [2.75, 3.05) is 7.05 Å². The van der Waals surface area contributed by atoms with E-state index in [1.807, 2.05) is 19.2 Å². The molecule has 0 radical (unpaired) electrons. The largest absolute Gasteiger partial charge is 0.508 e. The van der Waals surface area contributed by atoms with Crippen LogP contribution in [-0.2, 0) is 6.54 Å². The molecule has 0 atom stereocenters. The number of aliphatic imine (C=N–C) groups is 1. The van der Waals surface area contributed by atoms with Gasteiger partial charge >= 0.3 is 0 Å². The Morgan fingerprint density at radius 2 is 2.07 bits per heavy atom. The monoisotopic (exact) mass is 191 g/mol. The standard InChI is InChI=1S/C10H13N3O/c1-11-8-12-13(2)7-9-3-5-10(14)6-4-9/h3-6,8,14H,1,7H2,2H3/b12-8-. The summed E-state index contributed by atoms with van der Waals surface area (Å²) in [4.78, 5) is 3.51. The molecule has 0 saturated heterocycles. The smallest absolute Gasteiger partial charge is 0.134 e. The van der Waals surface area contributed by atoms with Crippen molar-refractivity contribution in [2.24, 2.45) is 10.1 Å². The Hall–Kier alpha value is -1.84. The second-order valence-electron chi connectivity index (χ2n) is 2.90. The van der Waals surface area contributed by atoms with Crippen LogP contribution in [0.15, 0.2) is 34.4 Å². The van der Waals surface area contributed by atoms with Crippen molar-refractivity contribution < 1.29 is 5.11 Å². The molecule has 14 heavy (non-hydrogen) atoms. The lowest BCUT2D eigenvalue weighted by Crippen LogP contribution is -2.10. The number of phenolic OH excluding ortho intramolecular Hbond substituents is 1. The van der Waals surface area contributed by atoms with Crippen molar-refractivity contribution in [3.05, 3.63) is 29.8 Å². The first-order valence-corrected chi connectivity index (χ1v) is 4.19. The van der Waals surface area contributed by atoms with Gasteiger partial charge in [0.05, 0.1) is 6.54 Å². The highest BCUT2D eigenvalue weighted by molar-refractivity contribution is 5.61. The number of nitrogens with zero attached hydrogens (tertiary/aromatic N) is 3. The summed E-state index contributed by atoms with van der Waals surface area (Å²) in [5.41, 5.74) is 1.08. The van der Waals surface area contributed by atoms with E-state index in [4.69, 9.17) is 5.11 Å². The lowest BCUT2D eigenvalue weighted by Gasteiger charge is -2.11. The second-order valence-corrected chi connectivity index (χ2v) is 2.90. The Balaban J connectivity index is 2.55. The van der Waals surface area contributed by atoms with Crippen LogP contribution in [-0.4, -0.2) is 30.2 Å². The topological polar surface area (TPSA) is 48.2 Å². The molecular weight excluding hydrogens is 178 g/mol. The lowest BCUT2D eigenvalue weighted by atomic mass is 10.2. The van der Waals surface area contributed by atoms with Crippen LogP contribution >= 0.6 is 0 Å². The molecule has 1 rings (SSSR count). The molecule has 0 aliphatic carbocycles. The van der Waals surface area contributed by atoms with Crippen LogP contribution in [0.5, 0.6) is 5.75 Å². The third-order valence-corrected chi connectivity index (χ3v) is 1.68. The molecule has 0 heterocycles. The van der Waals surface area contributed by atoms with Crippen LogP contribution in [0, 0.1) is 0 Å². The first-order chi connectivity index (χ1) is 6.72. The Kier molecular flexibility index (Phi) is 3.67. The van der Waals surface area contributed by atoms with Gasteiger partial charge in [-0.25, -0.2) is 0 Å². The third kappa shape index (κ3) is 3.26. The highest BCUT2D eigenvalue weighted by Crippen LogP contribution is 2.10. The molecule has 74 valence electrons. The van der Waals surface area contributed by atoms with Crippen molar-refractivity contribution in [1.29, 1.82) is 0 Å².